The highest BCUT2D eigenvalue weighted by atomic mass is 16.4. The lowest BCUT2D eigenvalue weighted by Crippen LogP contribution is -2.58. The van der Waals surface area contributed by atoms with Crippen LogP contribution >= 0.6 is 0 Å². The van der Waals surface area contributed by atoms with Crippen molar-refractivity contribution in [3.8, 4) is 0 Å². The van der Waals surface area contributed by atoms with Gasteiger partial charge in [-0.2, -0.15) is 0 Å². The summed E-state index contributed by atoms with van der Waals surface area (Å²) in [6.45, 7) is 1.14. The summed E-state index contributed by atoms with van der Waals surface area (Å²) >= 11 is 0. The van der Waals surface area contributed by atoms with Gasteiger partial charge in [-0.3, -0.25) is 38.4 Å². The van der Waals surface area contributed by atoms with Gasteiger partial charge in [0.1, 0.15) is 18.1 Å². The summed E-state index contributed by atoms with van der Waals surface area (Å²) in [6.07, 6.45) is -1.49. The van der Waals surface area contributed by atoms with Crippen LogP contribution in [0.15, 0.2) is 30.3 Å². The van der Waals surface area contributed by atoms with Crippen LogP contribution < -0.4 is 37.6 Å². The molecule has 4 atom stereocenters. The maximum atomic E-state index is 12.9. The Bertz CT molecular complexity index is 1340. The Kier molecular flexibility index (Phi) is 17.3. The van der Waals surface area contributed by atoms with Gasteiger partial charge in [-0.1, -0.05) is 44.2 Å². The van der Waals surface area contributed by atoms with Crippen molar-refractivity contribution in [2.24, 2.45) is 11.7 Å². The summed E-state index contributed by atoms with van der Waals surface area (Å²) < 4.78 is 0. The summed E-state index contributed by atoms with van der Waals surface area (Å²) in [5, 5.41) is 40.7. The Morgan fingerprint density at radius 1 is 0.667 bits per heavy atom. The molecule has 264 valence electrons. The van der Waals surface area contributed by atoms with Crippen molar-refractivity contribution < 1.29 is 58.5 Å². The van der Waals surface area contributed by atoms with Crippen LogP contribution in [0.3, 0.4) is 0 Å². The second-order valence-electron chi connectivity index (χ2n) is 10.8. The molecule has 0 aliphatic heterocycles. The molecule has 0 radical (unpaired) electrons. The predicted octanol–water partition coefficient (Wildman–Crippen LogP) is -3.56. The van der Waals surface area contributed by atoms with Crippen molar-refractivity contribution in [2.45, 2.75) is 63.7 Å². The highest BCUT2D eigenvalue weighted by Crippen LogP contribution is 2.06. The first-order valence-electron chi connectivity index (χ1n) is 14.7. The van der Waals surface area contributed by atoms with Crippen LogP contribution in [0.25, 0.3) is 0 Å². The Labute approximate surface area is 274 Å². The van der Waals surface area contributed by atoms with E-state index in [2.05, 4.69) is 31.9 Å². The smallest absolute Gasteiger partial charge is 0.326 e. The number of nitrogens with one attached hydrogen (secondary N) is 6. The first-order valence-corrected chi connectivity index (χ1v) is 14.7. The molecule has 0 fully saturated rings. The molecule has 0 bridgehead atoms. The first-order chi connectivity index (χ1) is 22.5. The van der Waals surface area contributed by atoms with Crippen LogP contribution in [0.2, 0.25) is 0 Å². The van der Waals surface area contributed by atoms with E-state index in [4.69, 9.17) is 10.8 Å². The van der Waals surface area contributed by atoms with Crippen molar-refractivity contribution >= 4 is 53.4 Å². The topological polar surface area (TPSA) is 313 Å². The number of hydrogen-bond acceptors (Lipinski definition) is 10. The molecule has 0 aromatic heterocycles. The van der Waals surface area contributed by atoms with Crippen LogP contribution in [0, 0.1) is 5.92 Å². The molecule has 1 rings (SSSR count). The van der Waals surface area contributed by atoms with Gasteiger partial charge in [0, 0.05) is 12.8 Å². The zero-order valence-corrected chi connectivity index (χ0v) is 26.3. The van der Waals surface area contributed by atoms with E-state index < -0.39 is 116 Å². The fourth-order valence-electron chi connectivity index (χ4n) is 3.92. The van der Waals surface area contributed by atoms with Gasteiger partial charge in [0.25, 0.3) is 0 Å². The number of nitrogens with two attached hydrogens (primary N) is 1. The van der Waals surface area contributed by atoms with Crippen molar-refractivity contribution in [1.29, 1.82) is 0 Å². The van der Waals surface area contributed by atoms with Crippen molar-refractivity contribution in [3.05, 3.63) is 35.9 Å². The fourth-order valence-corrected chi connectivity index (χ4v) is 3.92. The molecule has 1 aromatic rings. The lowest BCUT2D eigenvalue weighted by atomic mass is 10.0. The minimum Gasteiger partial charge on any atom is -0.481 e. The first kappa shape index (κ1) is 40.4. The summed E-state index contributed by atoms with van der Waals surface area (Å²) in [6, 6.07) is 3.09. The van der Waals surface area contributed by atoms with E-state index in [0.717, 1.165) is 0 Å². The van der Waals surface area contributed by atoms with E-state index in [1.807, 2.05) is 0 Å². The Morgan fingerprint density at radius 2 is 1.23 bits per heavy atom. The fraction of sp³-hybridized carbons (Fsp3) is 0.483. The highest BCUT2D eigenvalue weighted by Gasteiger charge is 2.31. The summed E-state index contributed by atoms with van der Waals surface area (Å²) in [5.41, 5.74) is 6.34. The summed E-state index contributed by atoms with van der Waals surface area (Å²) in [5.74, 6) is -9.85. The number of aliphatic carboxylic acids is 3. The van der Waals surface area contributed by atoms with E-state index >= 15 is 0 Å². The van der Waals surface area contributed by atoms with Crippen molar-refractivity contribution in [2.75, 3.05) is 19.6 Å². The van der Waals surface area contributed by atoms with E-state index in [0.29, 0.717) is 5.56 Å². The normalized spacial score (nSPS) is 13.1. The molecule has 6 amide bonds. The van der Waals surface area contributed by atoms with Crippen molar-refractivity contribution in [3.63, 3.8) is 0 Å². The van der Waals surface area contributed by atoms with Crippen LogP contribution in [0.1, 0.15) is 38.7 Å². The molecule has 11 N–H and O–H groups in total. The number of rotatable bonds is 21. The summed E-state index contributed by atoms with van der Waals surface area (Å²) in [4.78, 5) is 108. The van der Waals surface area contributed by atoms with E-state index in [1.165, 1.54) is 0 Å². The molecule has 0 aliphatic rings. The molecule has 0 saturated heterocycles. The van der Waals surface area contributed by atoms with Crippen molar-refractivity contribution in [1.82, 2.24) is 31.9 Å². The third-order valence-electron chi connectivity index (χ3n) is 6.50. The number of benzene rings is 1. The monoisotopic (exact) mass is 679 g/mol. The van der Waals surface area contributed by atoms with Gasteiger partial charge in [0.15, 0.2) is 0 Å². The van der Waals surface area contributed by atoms with Crippen LogP contribution in [0.4, 0.5) is 0 Å². The average molecular weight is 680 g/mol. The molecule has 1 aromatic carbocycles. The predicted molar refractivity (Wildman–Crippen MR) is 165 cm³/mol. The van der Waals surface area contributed by atoms with Gasteiger partial charge in [-0.15, -0.1) is 0 Å². The third-order valence-corrected chi connectivity index (χ3v) is 6.50. The van der Waals surface area contributed by atoms with Crippen LogP contribution in [-0.2, 0) is 49.6 Å². The maximum absolute atomic E-state index is 12.9. The van der Waals surface area contributed by atoms with Crippen LogP contribution in [-0.4, -0.2) is 112 Å². The van der Waals surface area contributed by atoms with E-state index in [-0.39, 0.29) is 12.8 Å². The molecule has 48 heavy (non-hydrogen) atoms. The number of hydrogen-bond donors (Lipinski definition) is 10. The number of carbonyl (C=O) groups excluding carboxylic acids is 6. The largest absolute Gasteiger partial charge is 0.481 e. The molecular weight excluding hydrogens is 638 g/mol. The quantitative estimate of drug-likeness (QED) is 0.0602. The minimum atomic E-state index is -1.68. The number of carboxylic acid groups (broad SMARTS) is 3. The zero-order chi connectivity index (χ0) is 36.4. The molecule has 0 spiro atoms. The Hall–Kier alpha value is -5.59. The zero-order valence-electron chi connectivity index (χ0n) is 26.3. The Balaban J connectivity index is 2.60. The van der Waals surface area contributed by atoms with Crippen LogP contribution in [0.5, 0.6) is 0 Å². The van der Waals surface area contributed by atoms with Gasteiger partial charge in [0.2, 0.25) is 35.4 Å². The van der Waals surface area contributed by atoms with Gasteiger partial charge >= 0.3 is 17.9 Å². The number of carboxylic acids is 3. The molecule has 0 saturated carbocycles. The minimum absolute atomic E-state index is 0.00833. The Morgan fingerprint density at radius 3 is 1.75 bits per heavy atom. The second kappa shape index (κ2) is 20.5. The standard InChI is InChI=1S/C29H41N7O12/c1-15(2)25(36-26(44)17(30)8-9-23(40)41)28(46)35-18(11-24(42)43)27(45)33-13-21(38)31-12-20(37)32-14-22(39)34-19(29(47)48)10-16-6-4-3-5-7-16/h3-7,15,17-19,25H,8-14,30H2,1-2H3,(H,31,38)(H,32,37)(H,33,45)(H,34,39)(H,35,46)(H,36,44)(H,40,41)(H,42,43)(H,47,48). The molecule has 0 heterocycles. The van der Waals surface area contributed by atoms with E-state index in [9.17, 15) is 53.4 Å². The lowest BCUT2D eigenvalue weighted by Gasteiger charge is -2.25. The highest BCUT2D eigenvalue weighted by molar-refractivity contribution is 5.96. The van der Waals surface area contributed by atoms with Gasteiger partial charge in [-0.05, 0) is 17.9 Å². The lowest BCUT2D eigenvalue weighted by molar-refractivity contribution is -0.142. The summed E-state index contributed by atoms with van der Waals surface area (Å²) in [7, 11) is 0. The molecular formula is C29H41N7O12. The van der Waals surface area contributed by atoms with Gasteiger partial charge < -0.3 is 53.0 Å². The number of carbonyl (C=O) groups is 9. The van der Waals surface area contributed by atoms with E-state index in [1.54, 1.807) is 44.2 Å². The molecule has 4 unspecified atom stereocenters. The molecule has 0 aliphatic carbocycles. The second-order valence-corrected chi connectivity index (χ2v) is 10.8. The maximum Gasteiger partial charge on any atom is 0.326 e. The third kappa shape index (κ3) is 16.1. The van der Waals surface area contributed by atoms with Gasteiger partial charge in [0.05, 0.1) is 32.1 Å². The van der Waals surface area contributed by atoms with Gasteiger partial charge in [-0.25, -0.2) is 4.79 Å². The average Bonchev–Trinajstić information content (AvgIpc) is 3.02. The molecule has 19 heteroatoms. The molecule has 19 nitrogen and oxygen atoms in total. The SMILES string of the molecule is CC(C)C(NC(=O)C(N)CCC(=O)O)C(=O)NC(CC(=O)O)C(=O)NCC(=O)NCC(=O)NCC(=O)NC(Cc1ccccc1)C(=O)O. The number of amides is 6.